The lowest BCUT2D eigenvalue weighted by molar-refractivity contribution is 0.277. The number of nitrogens with zero attached hydrogens (tertiary/aromatic N) is 1. The quantitative estimate of drug-likeness (QED) is 0.700. The average molecular weight is 171 g/mol. The molecule has 0 fully saturated rings. The molecule has 0 aromatic carbocycles. The molecule has 0 aliphatic rings. The molecule has 11 heavy (non-hydrogen) atoms. The van der Waals surface area contributed by atoms with Crippen LogP contribution in [-0.4, -0.2) is 10.1 Å². The molecule has 1 heterocycles. The summed E-state index contributed by atoms with van der Waals surface area (Å²) in [5.41, 5.74) is 0.887. The third kappa shape index (κ3) is 2.01. The second-order valence-corrected chi connectivity index (χ2v) is 4.41. The predicted octanol–water partition coefficient (Wildman–Crippen LogP) is 1.93. The summed E-state index contributed by atoms with van der Waals surface area (Å²) in [7, 11) is 0. The maximum Gasteiger partial charge on any atom is 0.0982 e. The maximum atomic E-state index is 8.76. The minimum absolute atomic E-state index is 0.0482. The molecule has 62 valence electrons. The average Bonchev–Trinajstić information content (AvgIpc) is 2.32. The fraction of sp³-hybridized carbons (Fsp3) is 0.625. The van der Waals surface area contributed by atoms with Crippen molar-refractivity contribution in [1.29, 1.82) is 0 Å². The van der Waals surface area contributed by atoms with Gasteiger partial charge in [0.05, 0.1) is 17.3 Å². The number of aliphatic hydroxyl groups excluding tert-OH is 1. The Kier molecular flexibility index (Phi) is 2.30. The van der Waals surface area contributed by atoms with E-state index in [1.54, 1.807) is 11.3 Å². The lowest BCUT2D eigenvalue weighted by Gasteiger charge is -2.13. The van der Waals surface area contributed by atoms with Gasteiger partial charge >= 0.3 is 0 Å². The maximum absolute atomic E-state index is 8.76. The number of thiazole rings is 1. The number of aliphatic hydroxyl groups is 1. The van der Waals surface area contributed by atoms with E-state index >= 15 is 0 Å². The van der Waals surface area contributed by atoms with Crippen LogP contribution < -0.4 is 0 Å². The van der Waals surface area contributed by atoms with Crippen molar-refractivity contribution in [3.05, 3.63) is 16.1 Å². The summed E-state index contributed by atoms with van der Waals surface area (Å²) < 4.78 is 0. The van der Waals surface area contributed by atoms with Gasteiger partial charge in [0, 0.05) is 10.8 Å². The zero-order valence-electron chi connectivity index (χ0n) is 7.09. The summed E-state index contributed by atoms with van der Waals surface area (Å²) in [5.74, 6) is 0. The topological polar surface area (TPSA) is 33.1 Å². The van der Waals surface area contributed by atoms with Crippen LogP contribution in [0.2, 0.25) is 0 Å². The second kappa shape index (κ2) is 2.91. The van der Waals surface area contributed by atoms with Crippen LogP contribution in [-0.2, 0) is 12.0 Å². The minimum atomic E-state index is 0.0482. The molecule has 0 aliphatic heterocycles. The summed E-state index contributed by atoms with van der Waals surface area (Å²) in [6.07, 6.45) is 0. The van der Waals surface area contributed by atoms with Crippen LogP contribution in [0.25, 0.3) is 0 Å². The highest BCUT2D eigenvalue weighted by Crippen LogP contribution is 2.25. The van der Waals surface area contributed by atoms with Gasteiger partial charge in [-0.05, 0) is 0 Å². The third-order valence-electron chi connectivity index (χ3n) is 1.36. The zero-order valence-corrected chi connectivity index (χ0v) is 7.90. The second-order valence-electron chi connectivity index (χ2n) is 3.55. The standard InChI is InChI=1S/C8H13NOS/c1-8(2,3)7-9-6(4-10)5-11-7/h5,10H,4H2,1-3H3. The van der Waals surface area contributed by atoms with E-state index in [9.17, 15) is 0 Å². The fourth-order valence-electron chi connectivity index (χ4n) is 0.724. The number of rotatable bonds is 1. The molecule has 0 radical (unpaired) electrons. The molecule has 1 N–H and O–H groups in total. The van der Waals surface area contributed by atoms with Gasteiger partial charge in [0.1, 0.15) is 0 Å². The highest BCUT2D eigenvalue weighted by atomic mass is 32.1. The molecule has 0 spiro atoms. The van der Waals surface area contributed by atoms with Crippen molar-refractivity contribution in [2.24, 2.45) is 0 Å². The zero-order chi connectivity index (χ0) is 8.48. The van der Waals surface area contributed by atoms with Crippen LogP contribution >= 0.6 is 11.3 Å². The van der Waals surface area contributed by atoms with E-state index in [0.29, 0.717) is 0 Å². The first-order valence-corrected chi connectivity index (χ1v) is 4.48. The first-order chi connectivity index (χ1) is 5.04. The summed E-state index contributed by atoms with van der Waals surface area (Å²) in [6, 6.07) is 0. The Morgan fingerprint density at radius 2 is 2.18 bits per heavy atom. The number of hydrogen-bond acceptors (Lipinski definition) is 3. The van der Waals surface area contributed by atoms with Crippen molar-refractivity contribution in [3.8, 4) is 0 Å². The highest BCUT2D eigenvalue weighted by Gasteiger charge is 2.17. The fourth-order valence-corrected chi connectivity index (χ4v) is 1.62. The molecule has 0 amide bonds. The van der Waals surface area contributed by atoms with Gasteiger partial charge in [-0.2, -0.15) is 0 Å². The molecule has 1 aromatic heterocycles. The molecule has 0 saturated heterocycles. The van der Waals surface area contributed by atoms with E-state index in [0.717, 1.165) is 10.7 Å². The lowest BCUT2D eigenvalue weighted by Crippen LogP contribution is -2.10. The Balaban J connectivity index is 2.89. The van der Waals surface area contributed by atoms with Crippen LogP contribution in [0.3, 0.4) is 0 Å². The van der Waals surface area contributed by atoms with Crippen molar-refractivity contribution in [2.75, 3.05) is 0 Å². The molecule has 0 saturated carbocycles. The van der Waals surface area contributed by atoms with Gasteiger partial charge in [0.2, 0.25) is 0 Å². The Morgan fingerprint density at radius 1 is 1.55 bits per heavy atom. The SMILES string of the molecule is CC(C)(C)c1nc(CO)cs1. The molecule has 1 aromatic rings. The molecule has 0 atom stereocenters. The monoisotopic (exact) mass is 171 g/mol. The smallest absolute Gasteiger partial charge is 0.0982 e. The van der Waals surface area contributed by atoms with Gasteiger partial charge in [-0.3, -0.25) is 0 Å². The number of hydrogen-bond donors (Lipinski definition) is 1. The van der Waals surface area contributed by atoms with Gasteiger partial charge in [-0.1, -0.05) is 20.8 Å². The van der Waals surface area contributed by atoms with Gasteiger partial charge in [-0.15, -0.1) is 11.3 Å². The summed E-state index contributed by atoms with van der Waals surface area (Å²) in [6.45, 7) is 6.40. The van der Waals surface area contributed by atoms with Gasteiger partial charge in [0.15, 0.2) is 0 Å². The molecule has 3 heteroatoms. The van der Waals surface area contributed by atoms with Crippen LogP contribution in [0.5, 0.6) is 0 Å². The van der Waals surface area contributed by atoms with Gasteiger partial charge < -0.3 is 5.11 Å². The van der Waals surface area contributed by atoms with E-state index in [-0.39, 0.29) is 12.0 Å². The molecular formula is C8H13NOS. The Bertz CT molecular complexity index is 236. The van der Waals surface area contributed by atoms with Crippen LogP contribution in [0, 0.1) is 0 Å². The Morgan fingerprint density at radius 3 is 2.45 bits per heavy atom. The summed E-state index contributed by atoms with van der Waals surface area (Å²) >= 11 is 1.61. The van der Waals surface area contributed by atoms with Crippen LogP contribution in [0.4, 0.5) is 0 Å². The van der Waals surface area contributed by atoms with E-state index in [4.69, 9.17) is 5.11 Å². The highest BCUT2D eigenvalue weighted by molar-refractivity contribution is 7.09. The molecule has 0 bridgehead atoms. The normalized spacial score (nSPS) is 12.0. The van der Waals surface area contributed by atoms with Crippen LogP contribution in [0.15, 0.2) is 5.38 Å². The van der Waals surface area contributed by atoms with E-state index in [1.165, 1.54) is 0 Å². The van der Waals surface area contributed by atoms with Crippen molar-refractivity contribution in [2.45, 2.75) is 32.8 Å². The summed E-state index contributed by atoms with van der Waals surface area (Å²) in [4.78, 5) is 4.27. The minimum Gasteiger partial charge on any atom is -0.390 e. The molecule has 1 rings (SSSR count). The van der Waals surface area contributed by atoms with Crippen molar-refractivity contribution >= 4 is 11.3 Å². The van der Waals surface area contributed by atoms with E-state index < -0.39 is 0 Å². The van der Waals surface area contributed by atoms with Crippen LogP contribution in [0.1, 0.15) is 31.5 Å². The molecule has 2 nitrogen and oxygen atoms in total. The lowest BCUT2D eigenvalue weighted by atomic mass is 9.98. The third-order valence-corrected chi connectivity index (χ3v) is 2.67. The number of aromatic nitrogens is 1. The molecule has 0 aliphatic carbocycles. The molecule has 0 unspecified atom stereocenters. The largest absolute Gasteiger partial charge is 0.390 e. The Hall–Kier alpha value is -0.410. The van der Waals surface area contributed by atoms with Gasteiger partial charge in [0.25, 0.3) is 0 Å². The molecular weight excluding hydrogens is 158 g/mol. The first-order valence-electron chi connectivity index (χ1n) is 3.60. The van der Waals surface area contributed by atoms with E-state index in [1.807, 2.05) is 5.38 Å². The van der Waals surface area contributed by atoms with Crippen molar-refractivity contribution in [1.82, 2.24) is 4.98 Å². The van der Waals surface area contributed by atoms with E-state index in [2.05, 4.69) is 25.8 Å². The first kappa shape index (κ1) is 8.68. The van der Waals surface area contributed by atoms with Crippen molar-refractivity contribution in [3.63, 3.8) is 0 Å². The van der Waals surface area contributed by atoms with Gasteiger partial charge in [-0.25, -0.2) is 4.98 Å². The summed E-state index contributed by atoms with van der Waals surface area (Å²) in [5, 5.41) is 11.7. The predicted molar refractivity (Wildman–Crippen MR) is 46.7 cm³/mol. The van der Waals surface area contributed by atoms with Crippen molar-refractivity contribution < 1.29 is 5.11 Å². The Labute approximate surface area is 70.9 Å².